The molecule has 0 aliphatic heterocycles. The highest BCUT2D eigenvalue weighted by Gasteiger charge is 2.02. The zero-order valence-electron chi connectivity index (χ0n) is 13.9. The van der Waals surface area contributed by atoms with Gasteiger partial charge in [-0.25, -0.2) is 0 Å². The van der Waals surface area contributed by atoms with Crippen molar-refractivity contribution >= 4 is 27.8 Å². The van der Waals surface area contributed by atoms with Crippen LogP contribution in [0.4, 0.5) is 5.69 Å². The van der Waals surface area contributed by atoms with Crippen molar-refractivity contribution in [2.75, 3.05) is 5.43 Å². The maximum Gasteiger partial charge on any atom is 0.128 e. The van der Waals surface area contributed by atoms with Crippen LogP contribution >= 0.6 is 15.9 Å². The Labute approximate surface area is 156 Å². The second kappa shape index (κ2) is 8.49. The molecule has 3 nitrogen and oxygen atoms in total. The van der Waals surface area contributed by atoms with Crippen LogP contribution in [0.15, 0.2) is 82.4 Å². The summed E-state index contributed by atoms with van der Waals surface area (Å²) in [4.78, 5) is 0. The molecule has 0 aliphatic carbocycles. The van der Waals surface area contributed by atoms with Crippen LogP contribution in [0.3, 0.4) is 0 Å². The van der Waals surface area contributed by atoms with Crippen molar-refractivity contribution in [3.05, 3.63) is 94.0 Å². The summed E-state index contributed by atoms with van der Waals surface area (Å²) < 4.78 is 7.01. The number of aryl methyl sites for hydroxylation is 1. The van der Waals surface area contributed by atoms with Crippen molar-refractivity contribution in [2.24, 2.45) is 5.10 Å². The summed E-state index contributed by atoms with van der Waals surface area (Å²) in [5.41, 5.74) is 7.26. The van der Waals surface area contributed by atoms with Gasteiger partial charge in [0.25, 0.3) is 0 Å². The Kier molecular flexibility index (Phi) is 5.86. The largest absolute Gasteiger partial charge is 0.488 e. The van der Waals surface area contributed by atoms with Crippen molar-refractivity contribution < 1.29 is 4.74 Å². The quantitative estimate of drug-likeness (QED) is 0.424. The summed E-state index contributed by atoms with van der Waals surface area (Å²) in [6.07, 6.45) is 1.77. The topological polar surface area (TPSA) is 33.6 Å². The van der Waals surface area contributed by atoms with Crippen LogP contribution in [-0.2, 0) is 6.61 Å². The maximum absolute atomic E-state index is 5.97. The van der Waals surface area contributed by atoms with Crippen molar-refractivity contribution in [3.63, 3.8) is 0 Å². The Morgan fingerprint density at radius 2 is 1.80 bits per heavy atom. The second-order valence-corrected chi connectivity index (χ2v) is 6.61. The molecule has 0 heterocycles. The Morgan fingerprint density at radius 1 is 1.00 bits per heavy atom. The predicted molar refractivity (Wildman–Crippen MR) is 107 cm³/mol. The number of rotatable bonds is 6. The first kappa shape index (κ1) is 17.2. The predicted octanol–water partition coefficient (Wildman–Crippen LogP) is 5.78. The molecule has 0 amide bonds. The molecule has 3 aromatic carbocycles. The zero-order valence-corrected chi connectivity index (χ0v) is 15.5. The SMILES string of the molecule is Cc1cccc(COc2ccccc2/C=N\Nc2ccc(Br)cc2)c1. The standard InChI is InChI=1S/C21H19BrN2O/c1-16-5-4-6-17(13-16)15-25-21-8-3-2-7-18(21)14-23-24-20-11-9-19(22)10-12-20/h2-14,24H,15H2,1H3/b23-14-. The molecule has 0 aromatic heterocycles. The third-order valence-corrected chi connectivity index (χ3v) is 4.17. The molecule has 3 rings (SSSR count). The number of hydrogen-bond donors (Lipinski definition) is 1. The van der Waals surface area contributed by atoms with Gasteiger partial charge in [0, 0.05) is 10.0 Å². The number of para-hydroxylation sites is 1. The van der Waals surface area contributed by atoms with E-state index in [0.717, 1.165) is 27.0 Å². The fourth-order valence-electron chi connectivity index (χ4n) is 2.38. The Morgan fingerprint density at radius 3 is 2.60 bits per heavy atom. The number of anilines is 1. The van der Waals surface area contributed by atoms with E-state index in [4.69, 9.17) is 4.74 Å². The molecule has 0 bridgehead atoms. The maximum atomic E-state index is 5.97. The minimum Gasteiger partial charge on any atom is -0.488 e. The van der Waals surface area contributed by atoms with Gasteiger partial charge in [-0.2, -0.15) is 5.10 Å². The molecule has 4 heteroatoms. The lowest BCUT2D eigenvalue weighted by Crippen LogP contribution is -1.99. The van der Waals surface area contributed by atoms with Crippen LogP contribution in [0.2, 0.25) is 0 Å². The number of nitrogens with one attached hydrogen (secondary N) is 1. The highest BCUT2D eigenvalue weighted by atomic mass is 79.9. The van der Waals surface area contributed by atoms with Crippen LogP contribution in [0.1, 0.15) is 16.7 Å². The molecule has 3 aromatic rings. The average Bonchev–Trinajstić information content (AvgIpc) is 2.63. The molecule has 0 saturated heterocycles. The summed E-state index contributed by atoms with van der Waals surface area (Å²) in [5.74, 6) is 0.811. The zero-order chi connectivity index (χ0) is 17.5. The normalized spacial score (nSPS) is 10.8. The summed E-state index contributed by atoms with van der Waals surface area (Å²) in [6, 6.07) is 24.1. The highest BCUT2D eigenvalue weighted by molar-refractivity contribution is 9.10. The van der Waals surface area contributed by atoms with Crippen molar-refractivity contribution in [3.8, 4) is 5.75 Å². The summed E-state index contributed by atoms with van der Waals surface area (Å²) >= 11 is 3.42. The van der Waals surface area contributed by atoms with Gasteiger partial charge in [-0.3, -0.25) is 5.43 Å². The Bertz CT molecular complexity index is 860. The molecular weight excluding hydrogens is 376 g/mol. The molecule has 25 heavy (non-hydrogen) atoms. The molecule has 0 atom stereocenters. The lowest BCUT2D eigenvalue weighted by Gasteiger charge is -2.09. The van der Waals surface area contributed by atoms with Crippen LogP contribution in [0.5, 0.6) is 5.75 Å². The van der Waals surface area contributed by atoms with Crippen molar-refractivity contribution in [1.82, 2.24) is 0 Å². The first-order valence-electron chi connectivity index (χ1n) is 8.03. The summed E-state index contributed by atoms with van der Waals surface area (Å²) in [5, 5.41) is 4.30. The van der Waals surface area contributed by atoms with Crippen LogP contribution in [0.25, 0.3) is 0 Å². The summed E-state index contributed by atoms with van der Waals surface area (Å²) in [7, 11) is 0. The number of hydrazone groups is 1. The van der Waals surface area contributed by atoms with E-state index in [1.165, 1.54) is 5.56 Å². The van der Waals surface area contributed by atoms with Crippen LogP contribution in [-0.4, -0.2) is 6.21 Å². The Balaban J connectivity index is 1.65. The van der Waals surface area contributed by atoms with E-state index in [1.807, 2.05) is 54.6 Å². The molecule has 1 N–H and O–H groups in total. The van der Waals surface area contributed by atoms with Gasteiger partial charge in [-0.1, -0.05) is 57.9 Å². The van der Waals surface area contributed by atoms with Gasteiger partial charge < -0.3 is 4.74 Å². The lowest BCUT2D eigenvalue weighted by atomic mass is 10.1. The minimum atomic E-state index is 0.534. The summed E-state index contributed by atoms with van der Waals surface area (Å²) in [6.45, 7) is 2.62. The molecule has 0 radical (unpaired) electrons. The molecule has 0 fully saturated rings. The minimum absolute atomic E-state index is 0.534. The van der Waals surface area contributed by atoms with E-state index in [2.05, 4.69) is 51.6 Å². The fourth-order valence-corrected chi connectivity index (χ4v) is 2.65. The smallest absolute Gasteiger partial charge is 0.128 e. The Hall–Kier alpha value is -2.59. The van der Waals surface area contributed by atoms with Gasteiger partial charge in [-0.05, 0) is 48.9 Å². The van der Waals surface area contributed by atoms with E-state index in [0.29, 0.717) is 6.61 Å². The number of halogens is 1. The van der Waals surface area contributed by atoms with E-state index in [-0.39, 0.29) is 0 Å². The molecule has 0 aliphatic rings. The van der Waals surface area contributed by atoms with E-state index >= 15 is 0 Å². The molecular formula is C21H19BrN2O. The van der Waals surface area contributed by atoms with Gasteiger partial charge in [0.05, 0.1) is 11.9 Å². The number of benzene rings is 3. The van der Waals surface area contributed by atoms with E-state index in [9.17, 15) is 0 Å². The van der Waals surface area contributed by atoms with Crippen LogP contribution < -0.4 is 10.2 Å². The monoisotopic (exact) mass is 394 g/mol. The third kappa shape index (κ3) is 5.19. The number of hydrogen-bond acceptors (Lipinski definition) is 3. The fraction of sp³-hybridized carbons (Fsp3) is 0.0952. The highest BCUT2D eigenvalue weighted by Crippen LogP contribution is 2.18. The first-order valence-corrected chi connectivity index (χ1v) is 8.82. The van der Waals surface area contributed by atoms with Gasteiger partial charge in [-0.15, -0.1) is 0 Å². The average molecular weight is 395 g/mol. The van der Waals surface area contributed by atoms with Crippen molar-refractivity contribution in [1.29, 1.82) is 0 Å². The molecule has 0 spiro atoms. The molecule has 0 saturated carbocycles. The van der Waals surface area contributed by atoms with E-state index < -0.39 is 0 Å². The number of nitrogens with zero attached hydrogens (tertiary/aromatic N) is 1. The number of ether oxygens (including phenoxy) is 1. The van der Waals surface area contributed by atoms with Gasteiger partial charge in [0.1, 0.15) is 12.4 Å². The second-order valence-electron chi connectivity index (χ2n) is 5.69. The van der Waals surface area contributed by atoms with Crippen LogP contribution in [0, 0.1) is 6.92 Å². The van der Waals surface area contributed by atoms with Gasteiger partial charge in [0.15, 0.2) is 0 Å². The third-order valence-electron chi connectivity index (χ3n) is 3.64. The lowest BCUT2D eigenvalue weighted by molar-refractivity contribution is 0.305. The van der Waals surface area contributed by atoms with Gasteiger partial charge in [0.2, 0.25) is 0 Å². The molecule has 126 valence electrons. The van der Waals surface area contributed by atoms with Gasteiger partial charge >= 0.3 is 0 Å². The molecule has 0 unspecified atom stereocenters. The first-order chi connectivity index (χ1) is 12.2. The van der Waals surface area contributed by atoms with Crippen molar-refractivity contribution in [2.45, 2.75) is 13.5 Å². The van der Waals surface area contributed by atoms with E-state index in [1.54, 1.807) is 6.21 Å².